The number of aromatic nitrogens is 1. The van der Waals surface area contributed by atoms with Crippen LogP contribution in [-0.4, -0.2) is 60.5 Å². The van der Waals surface area contributed by atoms with Crippen molar-refractivity contribution in [3.05, 3.63) is 52.8 Å². The Kier molecular flexibility index (Phi) is 5.38. The number of ether oxygens (including phenoxy) is 2. The third-order valence-electron chi connectivity index (χ3n) is 5.59. The van der Waals surface area contributed by atoms with E-state index in [0.717, 1.165) is 43.5 Å². The molecule has 2 aromatic rings. The summed E-state index contributed by atoms with van der Waals surface area (Å²) >= 11 is 0. The first-order valence-corrected chi connectivity index (χ1v) is 9.90. The molecule has 2 aliphatic heterocycles. The summed E-state index contributed by atoms with van der Waals surface area (Å²) in [6, 6.07) is 8.99. The van der Waals surface area contributed by atoms with Gasteiger partial charge < -0.3 is 19.3 Å². The maximum Gasteiger partial charge on any atom is 0.272 e. The topological polar surface area (TPSA) is 72.0 Å². The van der Waals surface area contributed by atoms with E-state index in [1.54, 1.807) is 42.2 Å². The maximum atomic E-state index is 13.1. The maximum absolute atomic E-state index is 13.1. The van der Waals surface area contributed by atoms with Crippen molar-refractivity contribution in [3.8, 4) is 11.5 Å². The van der Waals surface area contributed by atoms with Crippen molar-refractivity contribution in [2.24, 2.45) is 0 Å². The van der Waals surface area contributed by atoms with E-state index in [0.29, 0.717) is 36.0 Å². The Morgan fingerprint density at radius 3 is 2.07 bits per heavy atom. The molecule has 0 aliphatic carbocycles. The van der Waals surface area contributed by atoms with Gasteiger partial charge in [0.05, 0.1) is 14.2 Å². The lowest BCUT2D eigenvalue weighted by atomic mass is 9.98. The van der Waals surface area contributed by atoms with Crippen LogP contribution in [0.25, 0.3) is 0 Å². The highest BCUT2D eigenvalue weighted by Gasteiger charge is 2.26. The number of hydrogen-bond acceptors (Lipinski definition) is 5. The number of pyridine rings is 1. The van der Waals surface area contributed by atoms with Gasteiger partial charge >= 0.3 is 0 Å². The van der Waals surface area contributed by atoms with Gasteiger partial charge in [-0.1, -0.05) is 6.07 Å². The Hall–Kier alpha value is -3.09. The van der Waals surface area contributed by atoms with Gasteiger partial charge in [-0.2, -0.15) is 0 Å². The van der Waals surface area contributed by atoms with Crippen molar-refractivity contribution < 1.29 is 19.1 Å². The van der Waals surface area contributed by atoms with Gasteiger partial charge in [0.2, 0.25) is 0 Å². The number of carbonyl (C=O) groups excluding carboxylic acids is 2. The van der Waals surface area contributed by atoms with Crippen molar-refractivity contribution in [2.75, 3.05) is 33.9 Å². The zero-order valence-electron chi connectivity index (χ0n) is 16.8. The number of carbonyl (C=O) groups is 2. The second kappa shape index (κ2) is 8.11. The molecule has 1 aromatic heterocycles. The van der Waals surface area contributed by atoms with Crippen molar-refractivity contribution in [2.45, 2.75) is 25.8 Å². The van der Waals surface area contributed by atoms with Gasteiger partial charge in [0.25, 0.3) is 11.8 Å². The summed E-state index contributed by atoms with van der Waals surface area (Å²) in [4.78, 5) is 33.6. The molecule has 1 fully saturated rings. The number of methoxy groups -OCH3 is 2. The lowest BCUT2D eigenvalue weighted by Crippen LogP contribution is -2.37. The highest BCUT2D eigenvalue weighted by atomic mass is 16.5. The molecule has 4 rings (SSSR count). The molecular weight excluding hydrogens is 370 g/mol. The van der Waals surface area contributed by atoms with E-state index in [9.17, 15) is 9.59 Å². The van der Waals surface area contributed by atoms with E-state index < -0.39 is 0 Å². The Labute approximate surface area is 170 Å². The smallest absolute Gasteiger partial charge is 0.272 e. The number of fused-ring (bicyclic) bond motifs is 1. The van der Waals surface area contributed by atoms with Crippen molar-refractivity contribution in [1.82, 2.24) is 14.8 Å². The molecule has 3 heterocycles. The molecule has 29 heavy (non-hydrogen) atoms. The molecule has 2 amide bonds. The minimum atomic E-state index is -0.165. The first-order chi connectivity index (χ1) is 14.1. The molecule has 1 saturated heterocycles. The van der Waals surface area contributed by atoms with E-state index in [1.807, 2.05) is 12.1 Å². The standard InChI is InChI=1S/C22H25N3O4/c1-28-19-12-15-8-11-25(14-16(15)13-20(19)29-2)22(27)18-7-5-6-17(23-18)21(26)24-9-3-4-10-24/h5-7,12-13H,3-4,8-11,14H2,1-2H3. The average molecular weight is 395 g/mol. The van der Waals surface area contributed by atoms with Crippen LogP contribution in [0.15, 0.2) is 30.3 Å². The number of rotatable bonds is 4. The van der Waals surface area contributed by atoms with Crippen LogP contribution in [0.4, 0.5) is 0 Å². The van der Waals surface area contributed by atoms with Crippen LogP contribution in [0, 0.1) is 0 Å². The normalized spacial score (nSPS) is 15.8. The molecule has 0 N–H and O–H groups in total. The number of likely N-dealkylation sites (tertiary alicyclic amines) is 1. The highest BCUT2D eigenvalue weighted by molar-refractivity contribution is 5.96. The minimum Gasteiger partial charge on any atom is -0.493 e. The van der Waals surface area contributed by atoms with Crippen molar-refractivity contribution in [3.63, 3.8) is 0 Å². The predicted molar refractivity (Wildman–Crippen MR) is 107 cm³/mol. The van der Waals surface area contributed by atoms with Crippen LogP contribution < -0.4 is 9.47 Å². The quantitative estimate of drug-likeness (QED) is 0.796. The predicted octanol–water partition coefficient (Wildman–Crippen LogP) is 2.53. The summed E-state index contributed by atoms with van der Waals surface area (Å²) < 4.78 is 10.8. The van der Waals surface area contributed by atoms with Gasteiger partial charge in [0.1, 0.15) is 11.4 Å². The molecule has 7 nitrogen and oxygen atoms in total. The molecule has 0 bridgehead atoms. The van der Waals surface area contributed by atoms with Crippen LogP contribution >= 0.6 is 0 Å². The van der Waals surface area contributed by atoms with Gasteiger partial charge in [0, 0.05) is 26.2 Å². The number of benzene rings is 1. The van der Waals surface area contributed by atoms with E-state index in [2.05, 4.69) is 4.98 Å². The molecule has 0 unspecified atom stereocenters. The van der Waals surface area contributed by atoms with Gasteiger partial charge in [-0.05, 0) is 54.7 Å². The first kappa shape index (κ1) is 19.2. The monoisotopic (exact) mass is 395 g/mol. The van der Waals surface area contributed by atoms with E-state index in [1.165, 1.54) is 0 Å². The summed E-state index contributed by atoms with van der Waals surface area (Å²) in [7, 11) is 3.22. The first-order valence-electron chi connectivity index (χ1n) is 9.90. The number of hydrogen-bond donors (Lipinski definition) is 0. The molecule has 2 aliphatic rings. The second-order valence-electron chi connectivity index (χ2n) is 7.36. The molecule has 0 radical (unpaired) electrons. The fourth-order valence-electron chi connectivity index (χ4n) is 3.97. The lowest BCUT2D eigenvalue weighted by molar-refractivity contribution is 0.0727. The lowest BCUT2D eigenvalue weighted by Gasteiger charge is -2.29. The van der Waals surface area contributed by atoms with E-state index in [-0.39, 0.29) is 11.8 Å². The largest absolute Gasteiger partial charge is 0.493 e. The third kappa shape index (κ3) is 3.77. The summed E-state index contributed by atoms with van der Waals surface area (Å²) in [5.41, 5.74) is 2.82. The van der Waals surface area contributed by atoms with E-state index in [4.69, 9.17) is 9.47 Å². The Balaban J connectivity index is 1.53. The average Bonchev–Trinajstić information content (AvgIpc) is 3.31. The SMILES string of the molecule is COc1cc2c(cc1OC)CN(C(=O)c1cccc(C(=O)N3CCCC3)n1)CC2. The second-order valence-corrected chi connectivity index (χ2v) is 7.36. The number of nitrogens with zero attached hydrogens (tertiary/aromatic N) is 3. The van der Waals surface area contributed by atoms with Gasteiger partial charge in [-0.15, -0.1) is 0 Å². The van der Waals surface area contributed by atoms with Crippen molar-refractivity contribution >= 4 is 11.8 Å². The summed E-state index contributed by atoms with van der Waals surface area (Å²) in [5, 5.41) is 0. The van der Waals surface area contributed by atoms with Gasteiger partial charge in [-0.25, -0.2) is 4.98 Å². The molecule has 1 aromatic carbocycles. The Morgan fingerprint density at radius 1 is 0.862 bits per heavy atom. The third-order valence-corrected chi connectivity index (χ3v) is 5.59. The molecule has 0 saturated carbocycles. The van der Waals surface area contributed by atoms with Crippen LogP contribution in [0.2, 0.25) is 0 Å². The summed E-state index contributed by atoms with van der Waals surface area (Å²) in [5.74, 6) is 1.08. The van der Waals surface area contributed by atoms with Crippen LogP contribution in [0.5, 0.6) is 11.5 Å². The number of amides is 2. The van der Waals surface area contributed by atoms with Crippen LogP contribution in [-0.2, 0) is 13.0 Å². The van der Waals surface area contributed by atoms with Crippen LogP contribution in [0.3, 0.4) is 0 Å². The zero-order valence-corrected chi connectivity index (χ0v) is 16.8. The molecule has 7 heteroatoms. The highest BCUT2D eigenvalue weighted by Crippen LogP contribution is 2.33. The van der Waals surface area contributed by atoms with Crippen molar-refractivity contribution in [1.29, 1.82) is 0 Å². The zero-order chi connectivity index (χ0) is 20.4. The van der Waals surface area contributed by atoms with Crippen LogP contribution in [0.1, 0.15) is 44.9 Å². The molecule has 152 valence electrons. The molecule has 0 atom stereocenters. The summed E-state index contributed by atoms with van der Waals surface area (Å²) in [6.07, 6.45) is 2.77. The van der Waals surface area contributed by atoms with E-state index >= 15 is 0 Å². The summed E-state index contributed by atoms with van der Waals surface area (Å²) in [6.45, 7) is 2.58. The Morgan fingerprint density at radius 2 is 1.45 bits per heavy atom. The fourth-order valence-corrected chi connectivity index (χ4v) is 3.97. The van der Waals surface area contributed by atoms with Gasteiger partial charge in [-0.3, -0.25) is 9.59 Å². The molecule has 0 spiro atoms. The Bertz CT molecular complexity index is 938. The molecular formula is C22H25N3O4. The minimum absolute atomic E-state index is 0.0991. The van der Waals surface area contributed by atoms with Gasteiger partial charge in [0.15, 0.2) is 11.5 Å². The fraction of sp³-hybridized carbons (Fsp3) is 0.409.